The molecule has 0 atom stereocenters. The zero-order valence-corrected chi connectivity index (χ0v) is 37.7. The first-order valence-electron chi connectivity index (χ1n) is 23.6. The fraction of sp³-hybridized carbons (Fsp3) is 0. The van der Waals surface area contributed by atoms with Crippen LogP contribution in [0.3, 0.4) is 0 Å². The Morgan fingerprint density at radius 1 is 0.217 bits per heavy atom. The van der Waals surface area contributed by atoms with Crippen LogP contribution in [0.2, 0.25) is 0 Å². The van der Waals surface area contributed by atoms with E-state index in [4.69, 9.17) is 4.42 Å². The molecule has 0 saturated carbocycles. The minimum atomic E-state index is 0.861. The van der Waals surface area contributed by atoms with Gasteiger partial charge in [-0.1, -0.05) is 182 Å². The number of nitrogens with zero attached hydrogens (tertiary/aromatic N) is 2. The summed E-state index contributed by atoms with van der Waals surface area (Å²) in [5.74, 6) is 0. The summed E-state index contributed by atoms with van der Waals surface area (Å²) in [4.78, 5) is 4.82. The standard InChI is InChI=1S/C66H44N2O/c1-3-15-45(16-4-1)48-27-32-53(33-28-48)67(54-34-29-49(30-35-54)46-17-5-2-6-18-46)57-40-52(63-42-51-21-9-10-22-59(51)60-23-11-12-24-61(60)63)41-58(43-57)68(55-36-31-47-19-7-8-20-50(47)39-55)56-37-38-66-64(44-56)62-25-13-14-26-65(62)69-66/h1-44H. The molecule has 13 aromatic rings. The zero-order chi connectivity index (χ0) is 45.7. The predicted molar refractivity (Wildman–Crippen MR) is 292 cm³/mol. The first kappa shape index (κ1) is 40.1. The number of rotatable bonds is 9. The molecule has 13 rings (SSSR count). The molecule has 12 aromatic carbocycles. The van der Waals surface area contributed by atoms with Crippen LogP contribution in [0.4, 0.5) is 34.1 Å². The van der Waals surface area contributed by atoms with Gasteiger partial charge in [0, 0.05) is 44.9 Å². The van der Waals surface area contributed by atoms with Gasteiger partial charge in [-0.25, -0.2) is 0 Å². The van der Waals surface area contributed by atoms with Crippen molar-refractivity contribution < 1.29 is 4.42 Å². The first-order valence-corrected chi connectivity index (χ1v) is 23.6. The van der Waals surface area contributed by atoms with Crippen LogP contribution in [-0.2, 0) is 0 Å². The van der Waals surface area contributed by atoms with Gasteiger partial charge in [0.1, 0.15) is 11.2 Å². The van der Waals surface area contributed by atoms with Crippen LogP contribution < -0.4 is 9.80 Å². The summed E-state index contributed by atoms with van der Waals surface area (Å²) < 4.78 is 6.41. The van der Waals surface area contributed by atoms with E-state index in [0.29, 0.717) is 0 Å². The fourth-order valence-electron chi connectivity index (χ4n) is 10.2. The highest BCUT2D eigenvalue weighted by atomic mass is 16.3. The van der Waals surface area contributed by atoms with Crippen molar-refractivity contribution in [3.05, 3.63) is 267 Å². The van der Waals surface area contributed by atoms with Crippen molar-refractivity contribution in [3.8, 4) is 33.4 Å². The van der Waals surface area contributed by atoms with Gasteiger partial charge >= 0.3 is 0 Å². The Morgan fingerprint density at radius 2 is 0.681 bits per heavy atom. The second-order valence-electron chi connectivity index (χ2n) is 17.7. The average Bonchev–Trinajstić information content (AvgIpc) is 3.80. The third-order valence-corrected chi connectivity index (χ3v) is 13.6. The van der Waals surface area contributed by atoms with E-state index in [1.165, 1.54) is 60.1 Å². The Morgan fingerprint density at radius 3 is 1.35 bits per heavy atom. The van der Waals surface area contributed by atoms with Crippen LogP contribution in [0.25, 0.3) is 87.6 Å². The maximum atomic E-state index is 6.41. The van der Waals surface area contributed by atoms with Crippen LogP contribution in [0.15, 0.2) is 271 Å². The molecule has 69 heavy (non-hydrogen) atoms. The minimum absolute atomic E-state index is 0.861. The SMILES string of the molecule is c1ccc(-c2ccc(N(c3ccc(-c4ccccc4)cc3)c3cc(-c4cc5ccccc5c5ccccc45)cc(N(c4ccc5ccccc5c4)c4ccc5oc6ccccc6c5c4)c3)cc2)cc1. The second-order valence-corrected chi connectivity index (χ2v) is 17.7. The molecule has 0 N–H and O–H groups in total. The number of hydrogen-bond acceptors (Lipinski definition) is 3. The Labute approximate surface area is 401 Å². The molecular weight excluding hydrogens is 837 g/mol. The molecule has 0 radical (unpaired) electrons. The van der Waals surface area contributed by atoms with Gasteiger partial charge in [-0.05, 0) is 151 Å². The summed E-state index contributed by atoms with van der Waals surface area (Å²) in [6.07, 6.45) is 0. The number of anilines is 6. The Kier molecular flexibility index (Phi) is 9.84. The van der Waals surface area contributed by atoms with Gasteiger partial charge in [0.05, 0.1) is 0 Å². The molecule has 0 aliphatic rings. The summed E-state index contributed by atoms with van der Waals surface area (Å²) in [7, 11) is 0. The highest BCUT2D eigenvalue weighted by Gasteiger charge is 2.22. The van der Waals surface area contributed by atoms with Gasteiger partial charge in [0.25, 0.3) is 0 Å². The van der Waals surface area contributed by atoms with E-state index in [-0.39, 0.29) is 0 Å². The van der Waals surface area contributed by atoms with Crippen molar-refractivity contribution in [2.24, 2.45) is 0 Å². The van der Waals surface area contributed by atoms with Crippen molar-refractivity contribution in [1.29, 1.82) is 0 Å². The smallest absolute Gasteiger partial charge is 0.135 e. The molecular formula is C66H44N2O. The normalized spacial score (nSPS) is 11.5. The van der Waals surface area contributed by atoms with Gasteiger partial charge < -0.3 is 14.2 Å². The summed E-state index contributed by atoms with van der Waals surface area (Å²) in [6, 6.07) is 96.6. The summed E-state index contributed by atoms with van der Waals surface area (Å²) in [5, 5.41) is 9.40. The van der Waals surface area contributed by atoms with Gasteiger partial charge in [-0.3, -0.25) is 0 Å². The van der Waals surface area contributed by atoms with Crippen molar-refractivity contribution in [2.45, 2.75) is 0 Å². The maximum absolute atomic E-state index is 6.41. The van der Waals surface area contributed by atoms with Gasteiger partial charge in [-0.15, -0.1) is 0 Å². The molecule has 0 spiro atoms. The highest BCUT2D eigenvalue weighted by molar-refractivity contribution is 6.14. The Bertz CT molecular complexity index is 3920. The Balaban J connectivity index is 1.09. The number of hydrogen-bond donors (Lipinski definition) is 0. The third kappa shape index (κ3) is 7.34. The monoisotopic (exact) mass is 880 g/mol. The van der Waals surface area contributed by atoms with Crippen molar-refractivity contribution >= 4 is 88.4 Å². The predicted octanol–water partition coefficient (Wildman–Crippen LogP) is 19.0. The molecule has 1 aromatic heterocycles. The van der Waals surface area contributed by atoms with E-state index in [1.54, 1.807) is 0 Å². The molecule has 0 amide bonds. The van der Waals surface area contributed by atoms with Crippen molar-refractivity contribution in [3.63, 3.8) is 0 Å². The molecule has 3 heteroatoms. The lowest BCUT2D eigenvalue weighted by Gasteiger charge is -2.31. The molecule has 0 aliphatic carbocycles. The molecule has 0 aliphatic heterocycles. The topological polar surface area (TPSA) is 19.6 Å². The van der Waals surface area contributed by atoms with E-state index in [9.17, 15) is 0 Å². The fourth-order valence-corrected chi connectivity index (χ4v) is 10.2. The lowest BCUT2D eigenvalue weighted by molar-refractivity contribution is 0.669. The number of furan rings is 1. The van der Waals surface area contributed by atoms with Crippen LogP contribution in [0, 0.1) is 0 Å². The van der Waals surface area contributed by atoms with E-state index < -0.39 is 0 Å². The molecule has 0 saturated heterocycles. The van der Waals surface area contributed by atoms with Crippen molar-refractivity contribution in [2.75, 3.05) is 9.80 Å². The molecule has 3 nitrogen and oxygen atoms in total. The lowest BCUT2D eigenvalue weighted by Crippen LogP contribution is -2.14. The van der Waals surface area contributed by atoms with Gasteiger partial charge in [0.15, 0.2) is 0 Å². The average molecular weight is 881 g/mol. The third-order valence-electron chi connectivity index (χ3n) is 13.6. The van der Waals surface area contributed by atoms with E-state index in [0.717, 1.165) is 61.6 Å². The van der Waals surface area contributed by atoms with Gasteiger partial charge in [0.2, 0.25) is 0 Å². The number of benzene rings is 12. The summed E-state index contributed by atoms with van der Waals surface area (Å²) >= 11 is 0. The molecule has 324 valence electrons. The Hall–Kier alpha value is -9.18. The molecule has 0 fully saturated rings. The maximum Gasteiger partial charge on any atom is 0.135 e. The second kappa shape index (κ2) is 16.9. The van der Waals surface area contributed by atoms with E-state index >= 15 is 0 Å². The van der Waals surface area contributed by atoms with Crippen LogP contribution >= 0.6 is 0 Å². The van der Waals surface area contributed by atoms with Crippen molar-refractivity contribution in [1.82, 2.24) is 0 Å². The first-order chi connectivity index (χ1) is 34.2. The quantitative estimate of drug-likeness (QED) is 0.135. The largest absolute Gasteiger partial charge is 0.456 e. The van der Waals surface area contributed by atoms with Crippen LogP contribution in [0.1, 0.15) is 0 Å². The van der Waals surface area contributed by atoms with Crippen LogP contribution in [-0.4, -0.2) is 0 Å². The summed E-state index contributed by atoms with van der Waals surface area (Å²) in [6.45, 7) is 0. The zero-order valence-electron chi connectivity index (χ0n) is 37.7. The van der Waals surface area contributed by atoms with Gasteiger partial charge in [-0.2, -0.15) is 0 Å². The lowest BCUT2D eigenvalue weighted by atomic mass is 9.92. The summed E-state index contributed by atoms with van der Waals surface area (Å²) in [5.41, 5.74) is 15.0. The van der Waals surface area contributed by atoms with E-state index in [2.05, 4.69) is 265 Å². The molecule has 1 heterocycles. The molecule has 0 unspecified atom stereocenters. The number of para-hydroxylation sites is 1. The number of fused-ring (bicyclic) bond motifs is 7. The molecule has 0 bridgehead atoms. The van der Waals surface area contributed by atoms with E-state index in [1.807, 2.05) is 12.1 Å². The highest BCUT2D eigenvalue weighted by Crippen LogP contribution is 2.47. The van der Waals surface area contributed by atoms with Crippen LogP contribution in [0.5, 0.6) is 0 Å². The minimum Gasteiger partial charge on any atom is -0.456 e.